The molecule has 1 aromatic carbocycles. The van der Waals surface area contributed by atoms with Gasteiger partial charge in [-0.25, -0.2) is 9.37 Å². The summed E-state index contributed by atoms with van der Waals surface area (Å²) in [5, 5.41) is 2.98. The molecule has 0 saturated heterocycles. The first-order valence-corrected chi connectivity index (χ1v) is 7.67. The number of halogens is 1. The minimum Gasteiger partial charge on any atom is -0.354 e. The Labute approximate surface area is 129 Å². The molecule has 0 bridgehead atoms. The van der Waals surface area contributed by atoms with Crippen molar-refractivity contribution in [3.63, 3.8) is 0 Å². The first-order valence-electron chi connectivity index (χ1n) is 7.67. The largest absolute Gasteiger partial charge is 0.354 e. The lowest BCUT2D eigenvalue weighted by atomic mass is 9.78. The normalized spacial score (nSPS) is 16.6. The number of nitrogens with zero attached hydrogens (tertiary/aromatic N) is 2. The van der Waals surface area contributed by atoms with Gasteiger partial charge in [0.25, 0.3) is 0 Å². The predicted octanol–water partition coefficient (Wildman–Crippen LogP) is 2.65. The van der Waals surface area contributed by atoms with Crippen LogP contribution in [0.4, 0.5) is 4.39 Å². The number of aromatic nitrogens is 2. The number of imidazole rings is 1. The quantitative estimate of drug-likeness (QED) is 0.923. The van der Waals surface area contributed by atoms with Gasteiger partial charge in [0.15, 0.2) is 0 Å². The number of hydrogen-bond donors (Lipinski definition) is 1. The molecule has 1 fully saturated rings. The molecule has 1 heterocycles. The molecule has 4 nitrogen and oxygen atoms in total. The summed E-state index contributed by atoms with van der Waals surface area (Å²) < 4.78 is 15.9. The molecule has 1 aliphatic rings. The second kappa shape index (κ2) is 6.30. The lowest BCUT2D eigenvalue weighted by molar-refractivity contribution is -0.121. The van der Waals surface area contributed by atoms with Gasteiger partial charge in [-0.3, -0.25) is 4.79 Å². The van der Waals surface area contributed by atoms with E-state index in [2.05, 4.69) is 10.3 Å². The van der Waals surface area contributed by atoms with E-state index in [4.69, 9.17) is 0 Å². The van der Waals surface area contributed by atoms with Crippen molar-refractivity contribution in [1.82, 2.24) is 14.9 Å². The molecule has 5 heteroatoms. The predicted molar refractivity (Wildman–Crippen MR) is 81.8 cm³/mol. The summed E-state index contributed by atoms with van der Waals surface area (Å²) >= 11 is 0. The van der Waals surface area contributed by atoms with Gasteiger partial charge < -0.3 is 9.88 Å². The molecule has 116 valence electrons. The zero-order chi connectivity index (χ0) is 15.4. The van der Waals surface area contributed by atoms with Gasteiger partial charge in [0.2, 0.25) is 5.91 Å². The van der Waals surface area contributed by atoms with Crippen LogP contribution >= 0.6 is 0 Å². The van der Waals surface area contributed by atoms with Crippen molar-refractivity contribution in [2.45, 2.75) is 37.6 Å². The van der Waals surface area contributed by atoms with Crippen molar-refractivity contribution >= 4 is 5.91 Å². The zero-order valence-electron chi connectivity index (χ0n) is 12.5. The van der Waals surface area contributed by atoms with Gasteiger partial charge >= 0.3 is 0 Å². The van der Waals surface area contributed by atoms with Crippen LogP contribution in [-0.2, 0) is 16.8 Å². The number of benzene rings is 1. The van der Waals surface area contributed by atoms with Crippen LogP contribution in [0, 0.1) is 5.82 Å². The summed E-state index contributed by atoms with van der Waals surface area (Å²) in [6, 6.07) is 6.93. The molecule has 1 amide bonds. The topological polar surface area (TPSA) is 46.9 Å². The standard InChI is InChI=1S/C17H20FN3O/c18-15-6-2-1-5-14(15)17(7-3-4-8-17)12-20-16(22)11-21-10-9-19-13-21/h1-2,5-6,9-10,13H,3-4,7-8,11-12H2,(H,20,22). The van der Waals surface area contributed by atoms with Gasteiger partial charge in [-0.15, -0.1) is 0 Å². The third-order valence-corrected chi connectivity index (χ3v) is 4.52. The van der Waals surface area contributed by atoms with Crippen molar-refractivity contribution in [3.8, 4) is 0 Å². The first-order chi connectivity index (χ1) is 10.7. The smallest absolute Gasteiger partial charge is 0.240 e. The fourth-order valence-corrected chi connectivity index (χ4v) is 3.35. The van der Waals surface area contributed by atoms with Gasteiger partial charge in [-0.05, 0) is 24.5 Å². The third-order valence-electron chi connectivity index (χ3n) is 4.52. The van der Waals surface area contributed by atoms with Crippen LogP contribution in [-0.4, -0.2) is 22.0 Å². The molecule has 0 aliphatic heterocycles. The molecule has 1 saturated carbocycles. The monoisotopic (exact) mass is 301 g/mol. The molecule has 0 spiro atoms. The van der Waals surface area contributed by atoms with Crippen LogP contribution in [0.2, 0.25) is 0 Å². The van der Waals surface area contributed by atoms with E-state index in [-0.39, 0.29) is 23.7 Å². The Hall–Kier alpha value is -2.17. The molecule has 2 aromatic rings. The van der Waals surface area contributed by atoms with E-state index in [1.807, 2.05) is 12.1 Å². The Bertz CT molecular complexity index is 633. The number of hydrogen-bond acceptors (Lipinski definition) is 2. The van der Waals surface area contributed by atoms with Gasteiger partial charge in [0.05, 0.1) is 6.33 Å². The highest BCUT2D eigenvalue weighted by molar-refractivity contribution is 5.75. The van der Waals surface area contributed by atoms with Gasteiger partial charge in [0.1, 0.15) is 12.4 Å². The van der Waals surface area contributed by atoms with Gasteiger partial charge in [-0.1, -0.05) is 31.0 Å². The fourth-order valence-electron chi connectivity index (χ4n) is 3.35. The lowest BCUT2D eigenvalue weighted by Crippen LogP contribution is -2.40. The maximum absolute atomic E-state index is 14.2. The molecule has 3 rings (SSSR count). The van der Waals surface area contributed by atoms with E-state index in [0.29, 0.717) is 6.54 Å². The first kappa shape index (κ1) is 14.8. The summed E-state index contributed by atoms with van der Waals surface area (Å²) in [4.78, 5) is 16.0. The second-order valence-electron chi connectivity index (χ2n) is 5.98. The maximum atomic E-state index is 14.2. The van der Waals surface area contributed by atoms with E-state index >= 15 is 0 Å². The average Bonchev–Trinajstić information content (AvgIpc) is 3.18. The Kier molecular flexibility index (Phi) is 4.22. The van der Waals surface area contributed by atoms with Gasteiger partial charge in [0, 0.05) is 24.4 Å². The van der Waals surface area contributed by atoms with E-state index in [1.54, 1.807) is 29.4 Å². The van der Waals surface area contributed by atoms with Crippen molar-refractivity contribution < 1.29 is 9.18 Å². The van der Waals surface area contributed by atoms with Crippen molar-refractivity contribution in [2.75, 3.05) is 6.54 Å². The Morgan fingerprint density at radius 1 is 1.32 bits per heavy atom. The molecule has 0 radical (unpaired) electrons. The van der Waals surface area contributed by atoms with E-state index < -0.39 is 0 Å². The summed E-state index contributed by atoms with van der Waals surface area (Å²) in [6.45, 7) is 0.731. The van der Waals surface area contributed by atoms with Crippen molar-refractivity contribution in [2.24, 2.45) is 0 Å². The molecule has 1 aliphatic carbocycles. The molecule has 22 heavy (non-hydrogen) atoms. The van der Waals surface area contributed by atoms with Crippen LogP contribution in [0.3, 0.4) is 0 Å². The van der Waals surface area contributed by atoms with E-state index in [0.717, 1.165) is 31.2 Å². The number of nitrogens with one attached hydrogen (secondary N) is 1. The minimum absolute atomic E-state index is 0.0689. The fraction of sp³-hybridized carbons (Fsp3) is 0.412. The molecule has 0 atom stereocenters. The number of rotatable bonds is 5. The van der Waals surface area contributed by atoms with Crippen LogP contribution in [0.1, 0.15) is 31.2 Å². The number of carbonyl (C=O) groups is 1. The van der Waals surface area contributed by atoms with Crippen molar-refractivity contribution in [1.29, 1.82) is 0 Å². The molecule has 1 N–H and O–H groups in total. The Morgan fingerprint density at radius 3 is 2.77 bits per heavy atom. The van der Waals surface area contributed by atoms with Crippen molar-refractivity contribution in [3.05, 3.63) is 54.4 Å². The lowest BCUT2D eigenvalue weighted by Gasteiger charge is -2.30. The summed E-state index contributed by atoms with van der Waals surface area (Å²) in [7, 11) is 0. The van der Waals surface area contributed by atoms with Crippen LogP contribution in [0.25, 0.3) is 0 Å². The average molecular weight is 301 g/mol. The van der Waals surface area contributed by atoms with Crippen LogP contribution in [0.15, 0.2) is 43.0 Å². The highest BCUT2D eigenvalue weighted by Crippen LogP contribution is 2.41. The SMILES string of the molecule is O=C(Cn1ccnc1)NCC1(c2ccccc2F)CCCC1. The van der Waals surface area contributed by atoms with E-state index in [1.165, 1.54) is 6.07 Å². The summed E-state index contributed by atoms with van der Waals surface area (Å²) in [5.74, 6) is -0.242. The van der Waals surface area contributed by atoms with E-state index in [9.17, 15) is 9.18 Å². The molecular weight excluding hydrogens is 281 g/mol. The molecule has 1 aromatic heterocycles. The molecular formula is C17H20FN3O. The van der Waals surface area contributed by atoms with Crippen LogP contribution < -0.4 is 5.32 Å². The zero-order valence-corrected chi connectivity index (χ0v) is 12.5. The highest BCUT2D eigenvalue weighted by Gasteiger charge is 2.37. The van der Waals surface area contributed by atoms with Crippen LogP contribution in [0.5, 0.6) is 0 Å². The van der Waals surface area contributed by atoms with Gasteiger partial charge in [-0.2, -0.15) is 0 Å². The second-order valence-corrected chi connectivity index (χ2v) is 5.98. The molecule has 0 unspecified atom stereocenters. The maximum Gasteiger partial charge on any atom is 0.240 e. The summed E-state index contributed by atoms with van der Waals surface area (Å²) in [6.07, 6.45) is 8.99. The highest BCUT2D eigenvalue weighted by atomic mass is 19.1. The minimum atomic E-state index is -0.268. The number of carbonyl (C=O) groups excluding carboxylic acids is 1. The summed E-state index contributed by atoms with van der Waals surface area (Å²) in [5.41, 5.74) is 0.464. The number of amides is 1. The Balaban J connectivity index is 1.70. The Morgan fingerprint density at radius 2 is 2.09 bits per heavy atom. The third kappa shape index (κ3) is 3.03.